The first kappa shape index (κ1) is 27.3. The van der Waals surface area contributed by atoms with Crippen molar-refractivity contribution < 1.29 is 23.7 Å². The number of carbonyl (C=O) groups excluding carboxylic acids is 1. The van der Waals surface area contributed by atoms with Crippen molar-refractivity contribution in [2.75, 3.05) is 27.4 Å². The van der Waals surface area contributed by atoms with Gasteiger partial charge in [-0.3, -0.25) is 10.2 Å². The van der Waals surface area contributed by atoms with Crippen molar-refractivity contribution in [2.24, 2.45) is 10.1 Å². The molecule has 11 heteroatoms. The lowest BCUT2D eigenvalue weighted by molar-refractivity contribution is -0.114. The Morgan fingerprint density at radius 1 is 0.950 bits per heavy atom. The standard InChI is InChI=1S/C29H25ClN4O5S/c1-36-23-15-19(16-24(37-2)26(23)39-13-12-38-22-11-7-6-10-21(22)30)14-20-27(31)34-29(32-28(20)35)40-25(33-34)17-18-8-4-3-5-9-18/h3-11,14-16,31H,12-13,17H2,1-2H3. The molecule has 1 N–H and O–H groups in total. The maximum atomic E-state index is 12.9. The number of hydrazone groups is 1. The summed E-state index contributed by atoms with van der Waals surface area (Å²) < 4.78 is 22.7. The van der Waals surface area contributed by atoms with E-state index in [0.29, 0.717) is 45.2 Å². The number of nitrogens with one attached hydrogen (secondary N) is 1. The number of amidine groups is 2. The molecule has 0 fully saturated rings. The molecule has 0 aliphatic carbocycles. The Hall–Kier alpha value is -4.28. The number of methoxy groups -OCH3 is 2. The number of halogens is 1. The molecule has 0 saturated carbocycles. The summed E-state index contributed by atoms with van der Waals surface area (Å²) in [5.74, 6) is 1.15. The molecule has 2 aliphatic heterocycles. The van der Waals surface area contributed by atoms with Crippen molar-refractivity contribution in [3.05, 3.63) is 88.5 Å². The van der Waals surface area contributed by atoms with Crippen LogP contribution in [0, 0.1) is 5.41 Å². The Kier molecular flexibility index (Phi) is 8.37. The van der Waals surface area contributed by atoms with Crippen molar-refractivity contribution in [1.82, 2.24) is 5.01 Å². The molecular formula is C29H25ClN4O5S. The topological polar surface area (TPSA) is 106 Å². The third-order valence-electron chi connectivity index (χ3n) is 5.91. The van der Waals surface area contributed by atoms with E-state index in [2.05, 4.69) is 10.1 Å². The number of rotatable bonds is 10. The zero-order chi connectivity index (χ0) is 28.1. The molecule has 1 amide bonds. The van der Waals surface area contributed by atoms with Crippen molar-refractivity contribution in [2.45, 2.75) is 6.42 Å². The average Bonchev–Trinajstić information content (AvgIpc) is 3.37. The lowest BCUT2D eigenvalue weighted by Gasteiger charge is -2.20. The number of ether oxygens (including phenoxy) is 4. The summed E-state index contributed by atoms with van der Waals surface area (Å²) in [7, 11) is 3.02. The van der Waals surface area contributed by atoms with Gasteiger partial charge in [0.15, 0.2) is 17.3 Å². The molecule has 0 aromatic heterocycles. The predicted molar refractivity (Wildman–Crippen MR) is 157 cm³/mol. The molecule has 2 heterocycles. The highest BCUT2D eigenvalue weighted by Crippen LogP contribution is 2.40. The van der Waals surface area contributed by atoms with Gasteiger partial charge in [-0.15, -0.1) is 0 Å². The summed E-state index contributed by atoms with van der Waals surface area (Å²) in [6, 6.07) is 20.5. The molecule has 0 bridgehead atoms. The molecule has 0 saturated heterocycles. The summed E-state index contributed by atoms with van der Waals surface area (Å²) >= 11 is 7.42. The lowest BCUT2D eigenvalue weighted by atomic mass is 10.1. The first-order chi connectivity index (χ1) is 19.5. The van der Waals surface area contributed by atoms with Gasteiger partial charge in [0, 0.05) is 6.42 Å². The van der Waals surface area contributed by atoms with Crippen LogP contribution in [0.4, 0.5) is 0 Å². The molecule has 3 aromatic rings. The molecule has 0 unspecified atom stereocenters. The number of hydrogen-bond acceptors (Lipinski definition) is 8. The minimum atomic E-state index is -0.519. The number of nitrogens with zero attached hydrogens (tertiary/aromatic N) is 3. The number of hydrogen-bond donors (Lipinski definition) is 1. The Labute approximate surface area is 240 Å². The van der Waals surface area contributed by atoms with Gasteiger partial charge in [0.2, 0.25) is 10.9 Å². The maximum Gasteiger partial charge on any atom is 0.283 e. The molecule has 0 atom stereocenters. The minimum absolute atomic E-state index is 0.0551. The van der Waals surface area contributed by atoms with Gasteiger partial charge in [0.05, 0.1) is 24.8 Å². The van der Waals surface area contributed by atoms with Gasteiger partial charge < -0.3 is 18.9 Å². The number of carbonyl (C=O) groups is 1. The highest BCUT2D eigenvalue weighted by molar-refractivity contribution is 8.26. The van der Waals surface area contributed by atoms with Gasteiger partial charge in [0.25, 0.3) is 5.91 Å². The fourth-order valence-corrected chi connectivity index (χ4v) is 5.13. The zero-order valence-electron chi connectivity index (χ0n) is 21.7. The van der Waals surface area contributed by atoms with Crippen LogP contribution in [0.5, 0.6) is 23.0 Å². The van der Waals surface area contributed by atoms with E-state index in [9.17, 15) is 4.79 Å². The second-order valence-corrected chi connectivity index (χ2v) is 10.0. The Bertz CT molecular complexity index is 1520. The first-order valence-electron chi connectivity index (χ1n) is 12.3. The second kappa shape index (κ2) is 12.3. The van der Waals surface area contributed by atoms with Crippen LogP contribution in [0.25, 0.3) is 6.08 Å². The molecule has 204 valence electrons. The van der Waals surface area contributed by atoms with E-state index in [-0.39, 0.29) is 24.6 Å². The van der Waals surface area contributed by atoms with Crippen LogP contribution in [0.2, 0.25) is 5.02 Å². The molecule has 0 radical (unpaired) electrons. The highest BCUT2D eigenvalue weighted by Gasteiger charge is 2.35. The SMILES string of the molecule is COc1cc(C=C2C(=N)N3N=C(Cc4ccccc4)SC3=NC2=O)cc(OC)c1OCCOc1ccccc1Cl. The largest absolute Gasteiger partial charge is 0.493 e. The van der Waals surface area contributed by atoms with E-state index < -0.39 is 5.91 Å². The lowest BCUT2D eigenvalue weighted by Crippen LogP contribution is -2.35. The Morgan fingerprint density at radius 2 is 1.62 bits per heavy atom. The van der Waals surface area contributed by atoms with Crippen LogP contribution in [-0.2, 0) is 11.2 Å². The normalized spacial score (nSPS) is 15.5. The molecule has 9 nitrogen and oxygen atoms in total. The number of aliphatic imine (C=N–C) groups is 1. The van der Waals surface area contributed by atoms with Crippen molar-refractivity contribution >= 4 is 51.4 Å². The van der Waals surface area contributed by atoms with Crippen molar-refractivity contribution in [1.29, 1.82) is 5.41 Å². The fraction of sp³-hybridized carbons (Fsp3) is 0.172. The number of benzene rings is 3. The van der Waals surface area contributed by atoms with Crippen molar-refractivity contribution in [3.8, 4) is 23.0 Å². The molecule has 40 heavy (non-hydrogen) atoms. The third-order valence-corrected chi connectivity index (χ3v) is 7.13. The van der Waals surface area contributed by atoms with E-state index in [0.717, 1.165) is 10.6 Å². The van der Waals surface area contributed by atoms with Crippen LogP contribution in [-0.4, -0.2) is 54.4 Å². The molecule has 0 spiro atoms. The molecular weight excluding hydrogens is 552 g/mol. The van der Waals surface area contributed by atoms with Gasteiger partial charge in [0.1, 0.15) is 24.0 Å². The summed E-state index contributed by atoms with van der Waals surface area (Å²) in [4.78, 5) is 17.1. The van der Waals surface area contributed by atoms with Crippen LogP contribution in [0.1, 0.15) is 11.1 Å². The quantitative estimate of drug-likeness (QED) is 0.244. The summed E-state index contributed by atoms with van der Waals surface area (Å²) in [6.45, 7) is 0.448. The number of para-hydroxylation sites is 1. The van der Waals surface area contributed by atoms with Gasteiger partial charge >= 0.3 is 0 Å². The van der Waals surface area contributed by atoms with Crippen LogP contribution in [0.3, 0.4) is 0 Å². The number of fused-ring (bicyclic) bond motifs is 1. The second-order valence-electron chi connectivity index (χ2n) is 8.56. The van der Waals surface area contributed by atoms with E-state index >= 15 is 0 Å². The Balaban J connectivity index is 1.33. The van der Waals surface area contributed by atoms with E-state index in [1.165, 1.54) is 31.0 Å². The minimum Gasteiger partial charge on any atom is -0.493 e. The summed E-state index contributed by atoms with van der Waals surface area (Å²) in [5.41, 5.74) is 1.75. The third kappa shape index (κ3) is 5.98. The van der Waals surface area contributed by atoms with Crippen LogP contribution in [0.15, 0.2) is 82.4 Å². The smallest absolute Gasteiger partial charge is 0.283 e. The van der Waals surface area contributed by atoms with Crippen LogP contribution < -0.4 is 18.9 Å². The molecule has 2 aliphatic rings. The number of amides is 1. The highest BCUT2D eigenvalue weighted by atomic mass is 35.5. The monoisotopic (exact) mass is 576 g/mol. The van der Waals surface area contributed by atoms with Gasteiger partial charge in [-0.1, -0.05) is 54.1 Å². The summed E-state index contributed by atoms with van der Waals surface area (Å²) in [6.07, 6.45) is 2.15. The fourth-order valence-electron chi connectivity index (χ4n) is 4.02. The maximum absolute atomic E-state index is 12.9. The average molecular weight is 577 g/mol. The van der Waals surface area contributed by atoms with Gasteiger partial charge in [-0.25, -0.2) is 0 Å². The van der Waals surface area contributed by atoms with Crippen LogP contribution >= 0.6 is 23.4 Å². The Morgan fingerprint density at radius 3 is 2.33 bits per heavy atom. The van der Waals surface area contributed by atoms with E-state index in [1.807, 2.05) is 42.5 Å². The van der Waals surface area contributed by atoms with E-state index in [4.69, 9.17) is 36.0 Å². The first-order valence-corrected chi connectivity index (χ1v) is 13.5. The van der Waals surface area contributed by atoms with E-state index in [1.54, 1.807) is 30.3 Å². The zero-order valence-corrected chi connectivity index (χ0v) is 23.3. The van der Waals surface area contributed by atoms with Gasteiger partial charge in [-0.2, -0.15) is 15.1 Å². The number of thioether (sulfide) groups is 1. The van der Waals surface area contributed by atoms with Crippen molar-refractivity contribution in [3.63, 3.8) is 0 Å². The summed E-state index contributed by atoms with van der Waals surface area (Å²) in [5, 5.41) is 16.3. The predicted octanol–water partition coefficient (Wildman–Crippen LogP) is 5.68. The van der Waals surface area contributed by atoms with Gasteiger partial charge in [-0.05, 0) is 53.2 Å². The molecule has 5 rings (SSSR count). The molecule has 3 aromatic carbocycles.